The van der Waals surface area contributed by atoms with Crippen LogP contribution in [0, 0.1) is 11.7 Å². The van der Waals surface area contributed by atoms with Gasteiger partial charge in [0.15, 0.2) is 11.6 Å². The Balaban J connectivity index is 1.96. The number of nitrogens with two attached hydrogens (primary N) is 1. The normalized spacial score (nSPS) is 22.6. The number of aliphatic hydroxyl groups is 1. The molecule has 0 radical (unpaired) electrons. The van der Waals surface area contributed by atoms with Crippen LogP contribution in [-0.2, 0) is 0 Å². The van der Waals surface area contributed by atoms with Gasteiger partial charge < -0.3 is 20.9 Å². The Labute approximate surface area is 119 Å². The molecule has 0 amide bonds. The Bertz CT molecular complexity index is 446. The van der Waals surface area contributed by atoms with E-state index in [1.54, 1.807) is 6.07 Å². The van der Waals surface area contributed by atoms with Gasteiger partial charge in [0.25, 0.3) is 0 Å². The van der Waals surface area contributed by atoms with Crippen LogP contribution in [-0.4, -0.2) is 24.4 Å². The van der Waals surface area contributed by atoms with Crippen molar-refractivity contribution >= 4 is 11.4 Å². The van der Waals surface area contributed by atoms with Gasteiger partial charge in [0, 0.05) is 18.7 Å². The first-order valence-corrected chi connectivity index (χ1v) is 7.24. The summed E-state index contributed by atoms with van der Waals surface area (Å²) in [6, 6.07) is 2.91. The average Bonchev–Trinajstić information content (AvgIpc) is 2.42. The molecule has 4 N–H and O–H groups in total. The van der Waals surface area contributed by atoms with Gasteiger partial charge in [0.05, 0.1) is 24.1 Å². The molecule has 0 saturated heterocycles. The summed E-state index contributed by atoms with van der Waals surface area (Å²) in [5.41, 5.74) is 6.93. The van der Waals surface area contributed by atoms with Crippen molar-refractivity contribution in [1.82, 2.24) is 0 Å². The second-order valence-corrected chi connectivity index (χ2v) is 5.36. The van der Waals surface area contributed by atoms with Crippen LogP contribution in [0.1, 0.15) is 32.6 Å². The minimum atomic E-state index is -0.435. The second-order valence-electron chi connectivity index (χ2n) is 5.36. The highest BCUT2D eigenvalue weighted by Gasteiger charge is 2.19. The van der Waals surface area contributed by atoms with E-state index in [0.717, 1.165) is 32.2 Å². The zero-order valence-electron chi connectivity index (χ0n) is 11.9. The molecular formula is C15H23FN2O2. The van der Waals surface area contributed by atoms with E-state index < -0.39 is 5.82 Å². The van der Waals surface area contributed by atoms with Crippen LogP contribution in [0.4, 0.5) is 15.8 Å². The van der Waals surface area contributed by atoms with Gasteiger partial charge in [0.1, 0.15) is 0 Å². The Kier molecular flexibility index (Phi) is 5.06. The molecular weight excluding hydrogens is 259 g/mol. The fourth-order valence-electron chi connectivity index (χ4n) is 2.59. The molecule has 112 valence electrons. The van der Waals surface area contributed by atoms with Gasteiger partial charge in [-0.25, -0.2) is 4.39 Å². The molecule has 1 aromatic rings. The Hall–Kier alpha value is -1.49. The number of anilines is 2. The van der Waals surface area contributed by atoms with Crippen molar-refractivity contribution in [3.8, 4) is 5.75 Å². The van der Waals surface area contributed by atoms with Gasteiger partial charge in [-0.1, -0.05) is 0 Å². The molecule has 0 spiro atoms. The quantitative estimate of drug-likeness (QED) is 0.726. The van der Waals surface area contributed by atoms with Gasteiger partial charge in [-0.05, 0) is 38.5 Å². The molecule has 1 aliphatic carbocycles. The molecule has 0 atom stereocenters. The van der Waals surface area contributed by atoms with Gasteiger partial charge in [-0.3, -0.25) is 0 Å². The van der Waals surface area contributed by atoms with Gasteiger partial charge in [-0.15, -0.1) is 0 Å². The third-order valence-electron chi connectivity index (χ3n) is 3.80. The van der Waals surface area contributed by atoms with Crippen LogP contribution in [0.5, 0.6) is 5.75 Å². The van der Waals surface area contributed by atoms with Gasteiger partial charge in [-0.2, -0.15) is 0 Å². The summed E-state index contributed by atoms with van der Waals surface area (Å²) in [5, 5.41) is 12.8. The summed E-state index contributed by atoms with van der Waals surface area (Å²) in [5.74, 6) is 0.317. The lowest BCUT2D eigenvalue weighted by atomic mass is 9.87. The number of benzene rings is 1. The molecule has 0 unspecified atom stereocenters. The summed E-state index contributed by atoms with van der Waals surface area (Å²) in [7, 11) is 0. The first-order chi connectivity index (χ1) is 9.60. The van der Waals surface area contributed by atoms with E-state index in [0.29, 0.717) is 23.9 Å². The number of nitrogens with one attached hydrogen (secondary N) is 1. The lowest BCUT2D eigenvalue weighted by molar-refractivity contribution is 0.111. The maximum atomic E-state index is 13.6. The maximum Gasteiger partial charge on any atom is 0.167 e. The average molecular weight is 282 g/mol. The van der Waals surface area contributed by atoms with Crippen LogP contribution >= 0.6 is 0 Å². The summed E-state index contributed by atoms with van der Waals surface area (Å²) >= 11 is 0. The molecule has 4 nitrogen and oxygen atoms in total. The molecule has 1 aromatic carbocycles. The predicted octanol–water partition coefficient (Wildman–Crippen LogP) is 2.77. The zero-order chi connectivity index (χ0) is 14.5. The van der Waals surface area contributed by atoms with E-state index in [9.17, 15) is 9.50 Å². The first-order valence-electron chi connectivity index (χ1n) is 7.24. The lowest BCUT2D eigenvalue weighted by Crippen LogP contribution is -2.23. The predicted molar refractivity (Wildman–Crippen MR) is 78.4 cm³/mol. The fraction of sp³-hybridized carbons (Fsp3) is 0.600. The molecule has 0 heterocycles. The molecule has 2 rings (SSSR count). The Morgan fingerprint density at radius 2 is 2.05 bits per heavy atom. The number of nitrogen functional groups attached to an aromatic ring is 1. The van der Waals surface area contributed by atoms with Crippen LogP contribution in [0.25, 0.3) is 0 Å². The monoisotopic (exact) mass is 282 g/mol. The van der Waals surface area contributed by atoms with Crippen LogP contribution in [0.3, 0.4) is 0 Å². The van der Waals surface area contributed by atoms with Crippen molar-refractivity contribution in [2.24, 2.45) is 5.92 Å². The molecule has 0 aliphatic heterocycles. The van der Waals surface area contributed by atoms with Crippen molar-refractivity contribution in [3.63, 3.8) is 0 Å². The van der Waals surface area contributed by atoms with Crippen LogP contribution in [0.2, 0.25) is 0 Å². The molecule has 1 aliphatic rings. The zero-order valence-corrected chi connectivity index (χ0v) is 11.9. The molecule has 0 bridgehead atoms. The summed E-state index contributed by atoms with van der Waals surface area (Å²) in [6.07, 6.45) is 3.58. The standard InChI is InChI=1S/C15H23FN2O2/c1-2-20-15-8-14(13(17)7-12(15)16)18-9-10-3-5-11(19)6-4-10/h7-8,10-11,18-19H,2-6,9,17H2,1H3. The highest BCUT2D eigenvalue weighted by atomic mass is 19.1. The highest BCUT2D eigenvalue weighted by Crippen LogP contribution is 2.30. The largest absolute Gasteiger partial charge is 0.491 e. The molecule has 1 fully saturated rings. The Morgan fingerprint density at radius 3 is 2.70 bits per heavy atom. The minimum absolute atomic E-state index is 0.147. The first kappa shape index (κ1) is 14.9. The minimum Gasteiger partial charge on any atom is -0.491 e. The van der Waals surface area contributed by atoms with E-state index in [1.165, 1.54) is 6.07 Å². The number of ether oxygens (including phenoxy) is 1. The van der Waals surface area contributed by atoms with E-state index in [1.807, 2.05) is 6.92 Å². The molecule has 1 saturated carbocycles. The van der Waals surface area contributed by atoms with E-state index in [-0.39, 0.29) is 11.9 Å². The van der Waals surface area contributed by atoms with Gasteiger partial charge in [0.2, 0.25) is 0 Å². The van der Waals surface area contributed by atoms with Crippen molar-refractivity contribution in [3.05, 3.63) is 17.9 Å². The van der Waals surface area contributed by atoms with E-state index >= 15 is 0 Å². The molecule has 5 heteroatoms. The third-order valence-corrected chi connectivity index (χ3v) is 3.80. The summed E-state index contributed by atoms with van der Waals surface area (Å²) in [6.45, 7) is 3.02. The van der Waals surface area contributed by atoms with Crippen LogP contribution < -0.4 is 15.8 Å². The highest BCUT2D eigenvalue weighted by molar-refractivity contribution is 5.68. The number of hydrogen-bond acceptors (Lipinski definition) is 4. The molecule has 20 heavy (non-hydrogen) atoms. The van der Waals surface area contributed by atoms with Gasteiger partial charge >= 0.3 is 0 Å². The number of halogens is 1. The number of hydrogen-bond donors (Lipinski definition) is 3. The molecule has 0 aromatic heterocycles. The topological polar surface area (TPSA) is 67.5 Å². The number of rotatable bonds is 5. The summed E-state index contributed by atoms with van der Waals surface area (Å²) in [4.78, 5) is 0. The van der Waals surface area contributed by atoms with Crippen LogP contribution in [0.15, 0.2) is 12.1 Å². The maximum absolute atomic E-state index is 13.6. The SMILES string of the molecule is CCOc1cc(NCC2CCC(O)CC2)c(N)cc1F. The fourth-order valence-corrected chi connectivity index (χ4v) is 2.59. The van der Waals surface area contributed by atoms with E-state index in [2.05, 4.69) is 5.32 Å². The number of aliphatic hydroxyl groups excluding tert-OH is 1. The second kappa shape index (κ2) is 6.79. The summed E-state index contributed by atoms with van der Waals surface area (Å²) < 4.78 is 18.8. The van der Waals surface area contributed by atoms with Crippen molar-refractivity contribution in [2.75, 3.05) is 24.2 Å². The van der Waals surface area contributed by atoms with E-state index in [4.69, 9.17) is 10.5 Å². The van der Waals surface area contributed by atoms with Crippen molar-refractivity contribution in [2.45, 2.75) is 38.7 Å². The van der Waals surface area contributed by atoms with Crippen molar-refractivity contribution in [1.29, 1.82) is 0 Å². The lowest BCUT2D eigenvalue weighted by Gasteiger charge is -2.26. The van der Waals surface area contributed by atoms with Crippen molar-refractivity contribution < 1.29 is 14.2 Å². The third kappa shape index (κ3) is 3.76. The Morgan fingerprint density at radius 1 is 1.35 bits per heavy atom. The smallest absolute Gasteiger partial charge is 0.167 e.